The van der Waals surface area contributed by atoms with Crippen LogP contribution in [0.25, 0.3) is 11.5 Å². The van der Waals surface area contributed by atoms with E-state index < -0.39 is 0 Å². The molecule has 0 aliphatic heterocycles. The highest BCUT2D eigenvalue weighted by Gasteiger charge is 2.08. The number of nitrogen functional groups attached to an aromatic ring is 1. The third-order valence-corrected chi connectivity index (χ3v) is 2.40. The first-order valence-corrected chi connectivity index (χ1v) is 5.17. The average molecular weight is 279 g/mol. The van der Waals surface area contributed by atoms with Gasteiger partial charge in [0, 0.05) is 0 Å². The van der Waals surface area contributed by atoms with Crippen molar-refractivity contribution < 1.29 is 4.42 Å². The summed E-state index contributed by atoms with van der Waals surface area (Å²) in [4.78, 5) is 4.17. The first kappa shape index (κ1) is 10.7. The molecule has 0 spiro atoms. The van der Waals surface area contributed by atoms with Gasteiger partial charge in [-0.2, -0.15) is 5.26 Å². The normalized spacial score (nSPS) is 9.81. The van der Waals surface area contributed by atoms with E-state index in [-0.39, 0.29) is 0 Å². The summed E-state index contributed by atoms with van der Waals surface area (Å²) in [6.45, 7) is 0. The fourth-order valence-electron chi connectivity index (χ4n) is 1.25. The number of hydrogen-bond donors (Lipinski definition) is 2. The molecule has 2 rings (SSSR count). The smallest absolute Gasteiger partial charge is 0.169 e. The van der Waals surface area contributed by atoms with Crippen LogP contribution in [-0.2, 0) is 0 Å². The summed E-state index contributed by atoms with van der Waals surface area (Å²) < 4.78 is 5.97. The van der Waals surface area contributed by atoms with Gasteiger partial charge >= 0.3 is 0 Å². The molecule has 0 aliphatic carbocycles. The van der Waals surface area contributed by atoms with Crippen molar-refractivity contribution in [3.05, 3.63) is 34.5 Å². The van der Waals surface area contributed by atoms with Gasteiger partial charge < -0.3 is 9.84 Å². The van der Waals surface area contributed by atoms with Gasteiger partial charge in [0.05, 0.1) is 5.56 Å². The summed E-state index contributed by atoms with van der Waals surface area (Å²) in [5.74, 6) is 6.21. The molecule has 2 heterocycles. The predicted octanol–water partition coefficient (Wildman–Crippen LogP) is 2.26. The van der Waals surface area contributed by atoms with Crippen molar-refractivity contribution in [2.75, 3.05) is 5.43 Å². The molecule has 0 aliphatic rings. The van der Waals surface area contributed by atoms with Crippen molar-refractivity contribution in [1.82, 2.24) is 4.98 Å². The molecule has 0 aromatic carbocycles. The number of nitriles is 1. The zero-order valence-corrected chi connectivity index (χ0v) is 9.65. The quantitative estimate of drug-likeness (QED) is 0.650. The van der Waals surface area contributed by atoms with Crippen LogP contribution in [0.5, 0.6) is 0 Å². The van der Waals surface area contributed by atoms with E-state index in [9.17, 15) is 0 Å². The fraction of sp³-hybridized carbons (Fsp3) is 0. The second kappa shape index (κ2) is 4.35. The maximum Gasteiger partial charge on any atom is 0.169 e. The number of aromatic nitrogens is 1. The molecule has 6 heteroatoms. The lowest BCUT2D eigenvalue weighted by Gasteiger charge is -2.03. The number of hydrogen-bond acceptors (Lipinski definition) is 5. The Hall–Kier alpha value is -1.84. The van der Waals surface area contributed by atoms with E-state index in [1.165, 1.54) is 0 Å². The number of furan rings is 1. The van der Waals surface area contributed by atoms with Gasteiger partial charge in [0.15, 0.2) is 16.2 Å². The van der Waals surface area contributed by atoms with Crippen molar-refractivity contribution in [3.8, 4) is 17.5 Å². The van der Waals surface area contributed by atoms with E-state index in [1.807, 2.05) is 6.07 Å². The lowest BCUT2D eigenvalue weighted by atomic mass is 10.2. The van der Waals surface area contributed by atoms with Gasteiger partial charge in [-0.15, -0.1) is 0 Å². The molecule has 16 heavy (non-hydrogen) atoms. The molecule has 3 N–H and O–H groups in total. The Morgan fingerprint density at radius 2 is 2.19 bits per heavy atom. The number of nitrogens with zero attached hydrogens (tertiary/aromatic N) is 2. The first-order chi connectivity index (χ1) is 7.74. The van der Waals surface area contributed by atoms with E-state index in [0.717, 1.165) is 0 Å². The first-order valence-electron chi connectivity index (χ1n) is 4.38. The third kappa shape index (κ3) is 1.91. The molecular weight excluding hydrogens is 272 g/mol. The molecule has 0 amide bonds. The molecule has 0 fully saturated rings. The second-order valence-corrected chi connectivity index (χ2v) is 3.73. The molecule has 0 atom stereocenters. The number of hydrazine groups is 1. The summed E-state index contributed by atoms with van der Waals surface area (Å²) >= 11 is 3.21. The maximum absolute atomic E-state index is 8.80. The molecule has 2 aromatic heterocycles. The minimum Gasteiger partial charge on any atom is -0.448 e. The number of pyridine rings is 1. The van der Waals surface area contributed by atoms with Crippen LogP contribution >= 0.6 is 15.9 Å². The van der Waals surface area contributed by atoms with Crippen LogP contribution in [0.1, 0.15) is 5.56 Å². The van der Waals surface area contributed by atoms with Gasteiger partial charge in [-0.3, -0.25) is 0 Å². The average Bonchev–Trinajstić information content (AvgIpc) is 2.75. The summed E-state index contributed by atoms with van der Waals surface area (Å²) in [5.41, 5.74) is 3.37. The van der Waals surface area contributed by atoms with E-state index in [4.69, 9.17) is 15.5 Å². The predicted molar refractivity (Wildman–Crippen MR) is 62.2 cm³/mol. The number of rotatable bonds is 2. The van der Waals surface area contributed by atoms with Crippen molar-refractivity contribution in [3.63, 3.8) is 0 Å². The molecule has 0 unspecified atom stereocenters. The number of halogens is 1. The molecule has 0 saturated carbocycles. The zero-order chi connectivity index (χ0) is 11.5. The summed E-state index contributed by atoms with van der Waals surface area (Å²) in [6.07, 6.45) is 0. The van der Waals surface area contributed by atoms with Crippen molar-refractivity contribution in [1.29, 1.82) is 5.26 Å². The number of nitrogens with two attached hydrogens (primary N) is 1. The molecule has 2 aromatic rings. The minimum atomic E-state index is 0.326. The number of anilines is 1. The van der Waals surface area contributed by atoms with Crippen LogP contribution in [0.2, 0.25) is 0 Å². The standard InChI is InChI=1S/C10H7BrN4O/c11-9-4-3-8(16-9)7-2-1-6(5-12)10(14-7)15-13/h1-4H,13H2,(H,14,15). The Morgan fingerprint density at radius 3 is 2.75 bits per heavy atom. The molecule has 0 radical (unpaired) electrons. The van der Waals surface area contributed by atoms with Gasteiger partial charge in [-0.25, -0.2) is 10.8 Å². The Balaban J connectivity index is 2.48. The highest BCUT2D eigenvalue weighted by Crippen LogP contribution is 2.25. The van der Waals surface area contributed by atoms with E-state index >= 15 is 0 Å². The van der Waals surface area contributed by atoms with E-state index in [1.54, 1.807) is 24.3 Å². The van der Waals surface area contributed by atoms with Crippen LogP contribution < -0.4 is 11.3 Å². The van der Waals surface area contributed by atoms with Crippen LogP contribution in [0, 0.1) is 11.3 Å². The lowest BCUT2D eigenvalue weighted by Crippen LogP contribution is -2.10. The van der Waals surface area contributed by atoms with Crippen molar-refractivity contribution >= 4 is 21.7 Å². The lowest BCUT2D eigenvalue weighted by molar-refractivity contribution is 0.554. The number of nitrogens with one attached hydrogen (secondary N) is 1. The van der Waals surface area contributed by atoms with Gasteiger partial charge in [0.1, 0.15) is 11.8 Å². The maximum atomic E-state index is 8.80. The topological polar surface area (TPSA) is 87.9 Å². The Kier molecular flexibility index (Phi) is 2.90. The molecule has 80 valence electrons. The SMILES string of the molecule is N#Cc1ccc(-c2ccc(Br)o2)nc1NN. The monoisotopic (exact) mass is 278 g/mol. The van der Waals surface area contributed by atoms with Crippen LogP contribution in [0.4, 0.5) is 5.82 Å². The van der Waals surface area contributed by atoms with Gasteiger partial charge in [-0.1, -0.05) is 0 Å². The van der Waals surface area contributed by atoms with Crippen molar-refractivity contribution in [2.24, 2.45) is 5.84 Å². The van der Waals surface area contributed by atoms with Gasteiger partial charge in [-0.05, 0) is 40.2 Å². The minimum absolute atomic E-state index is 0.326. The molecule has 0 saturated heterocycles. The van der Waals surface area contributed by atoms with E-state index in [0.29, 0.717) is 27.5 Å². The highest BCUT2D eigenvalue weighted by atomic mass is 79.9. The third-order valence-electron chi connectivity index (χ3n) is 1.98. The largest absolute Gasteiger partial charge is 0.448 e. The Labute approximate surface area is 100.0 Å². The van der Waals surface area contributed by atoms with Gasteiger partial charge in [0.25, 0.3) is 0 Å². The fourth-order valence-corrected chi connectivity index (χ4v) is 1.56. The van der Waals surface area contributed by atoms with Crippen LogP contribution in [-0.4, -0.2) is 4.98 Å². The highest BCUT2D eigenvalue weighted by molar-refractivity contribution is 9.10. The Bertz CT molecular complexity index is 558. The van der Waals surface area contributed by atoms with Gasteiger partial charge in [0.2, 0.25) is 0 Å². The summed E-state index contributed by atoms with van der Waals surface area (Å²) in [7, 11) is 0. The Morgan fingerprint density at radius 1 is 1.38 bits per heavy atom. The van der Waals surface area contributed by atoms with Crippen molar-refractivity contribution in [2.45, 2.75) is 0 Å². The molecule has 0 bridgehead atoms. The summed E-state index contributed by atoms with van der Waals surface area (Å²) in [5, 5.41) is 8.80. The second-order valence-electron chi connectivity index (χ2n) is 2.95. The zero-order valence-electron chi connectivity index (χ0n) is 8.07. The summed E-state index contributed by atoms with van der Waals surface area (Å²) in [6, 6.07) is 8.86. The van der Waals surface area contributed by atoms with Crippen LogP contribution in [0.3, 0.4) is 0 Å². The van der Waals surface area contributed by atoms with Crippen LogP contribution in [0.15, 0.2) is 33.4 Å². The van der Waals surface area contributed by atoms with E-state index in [2.05, 4.69) is 26.3 Å². The molecule has 5 nitrogen and oxygen atoms in total. The molecular formula is C10H7BrN4O.